The van der Waals surface area contributed by atoms with E-state index < -0.39 is 0 Å². The van der Waals surface area contributed by atoms with Crippen molar-refractivity contribution in [1.29, 1.82) is 0 Å². The van der Waals surface area contributed by atoms with Gasteiger partial charge in [0.25, 0.3) is 5.91 Å². The molecule has 0 aliphatic carbocycles. The maximum atomic E-state index is 13.6. The second-order valence-corrected chi connectivity index (χ2v) is 9.67. The molecule has 1 N–H and O–H groups in total. The Hall–Kier alpha value is -3.57. The maximum Gasteiger partial charge on any atom is 0.268 e. The minimum Gasteiger partial charge on any atom is -0.493 e. The molecule has 5 rings (SSSR count). The Morgan fingerprint density at radius 1 is 0.944 bits per heavy atom. The predicted octanol–water partition coefficient (Wildman–Crippen LogP) is 5.79. The van der Waals surface area contributed by atoms with E-state index in [0.717, 1.165) is 49.1 Å². The van der Waals surface area contributed by atoms with Crippen LogP contribution in [0.2, 0.25) is 0 Å². The fourth-order valence-electron chi connectivity index (χ4n) is 5.19. The summed E-state index contributed by atoms with van der Waals surface area (Å²) in [6, 6.07) is 27.2. The molecule has 186 valence electrons. The lowest BCUT2D eigenvalue weighted by Gasteiger charge is -2.32. The summed E-state index contributed by atoms with van der Waals surface area (Å²) in [4.78, 5) is 16.1. The second-order valence-electron chi connectivity index (χ2n) is 9.67. The number of amides is 1. The van der Waals surface area contributed by atoms with E-state index >= 15 is 0 Å². The summed E-state index contributed by atoms with van der Waals surface area (Å²) >= 11 is 0. The summed E-state index contributed by atoms with van der Waals surface area (Å²) in [6.45, 7) is 8.28. The smallest absolute Gasteiger partial charge is 0.268 e. The monoisotopic (exact) mass is 481 g/mol. The van der Waals surface area contributed by atoms with E-state index in [2.05, 4.69) is 82.4 Å². The van der Waals surface area contributed by atoms with E-state index in [-0.39, 0.29) is 11.9 Å². The molecule has 1 amide bonds. The summed E-state index contributed by atoms with van der Waals surface area (Å²) < 4.78 is 8.04. The van der Waals surface area contributed by atoms with Crippen LogP contribution in [0, 0.1) is 6.92 Å². The Labute approximate surface area is 213 Å². The number of hydrogen-bond acceptors (Lipinski definition) is 3. The standard InChI is InChI=1S/C31H35N3O2/c1-3-36-30-15-9-14-28-27(30)20-29(34(28)22-25-13-8-7-10-23(25)2)31(35)32-26-16-18-33(19-17-26)21-24-11-5-4-6-12-24/h4-15,20,26H,3,16-19,21-22H2,1-2H3,(H,32,35). The highest BCUT2D eigenvalue weighted by molar-refractivity contribution is 6.00. The average Bonchev–Trinajstić information content (AvgIpc) is 3.27. The first-order valence-corrected chi connectivity index (χ1v) is 13.0. The van der Waals surface area contributed by atoms with E-state index in [1.807, 2.05) is 25.1 Å². The van der Waals surface area contributed by atoms with Gasteiger partial charge in [-0.2, -0.15) is 0 Å². The van der Waals surface area contributed by atoms with Crippen LogP contribution in [0.4, 0.5) is 0 Å². The number of likely N-dealkylation sites (tertiary alicyclic amines) is 1. The SMILES string of the molecule is CCOc1cccc2c1cc(C(=O)NC1CCN(Cc3ccccc3)CC1)n2Cc1ccccc1C. The van der Waals surface area contributed by atoms with Crippen LogP contribution in [0.15, 0.2) is 78.9 Å². The minimum absolute atomic E-state index is 0.0104. The molecule has 0 bridgehead atoms. The van der Waals surface area contributed by atoms with E-state index in [1.165, 1.54) is 16.7 Å². The lowest BCUT2D eigenvalue weighted by molar-refractivity contribution is 0.0900. The third kappa shape index (κ3) is 5.31. The Morgan fingerprint density at radius 2 is 1.69 bits per heavy atom. The molecule has 4 aromatic rings. The van der Waals surface area contributed by atoms with Crippen LogP contribution in [0.3, 0.4) is 0 Å². The highest BCUT2D eigenvalue weighted by Crippen LogP contribution is 2.30. The van der Waals surface area contributed by atoms with Crippen LogP contribution in [-0.4, -0.2) is 41.1 Å². The molecule has 1 fully saturated rings. The van der Waals surface area contributed by atoms with Crippen LogP contribution in [0.5, 0.6) is 5.75 Å². The molecule has 1 aliphatic rings. The fraction of sp³-hybridized carbons (Fsp3) is 0.323. The van der Waals surface area contributed by atoms with Gasteiger partial charge in [0, 0.05) is 37.6 Å². The number of aromatic nitrogens is 1. The molecule has 3 aromatic carbocycles. The zero-order valence-corrected chi connectivity index (χ0v) is 21.2. The Morgan fingerprint density at radius 3 is 2.44 bits per heavy atom. The highest BCUT2D eigenvalue weighted by Gasteiger charge is 2.24. The molecular weight excluding hydrogens is 446 g/mol. The number of carbonyl (C=O) groups excluding carboxylic acids is 1. The van der Waals surface area contributed by atoms with Gasteiger partial charge in [-0.3, -0.25) is 9.69 Å². The van der Waals surface area contributed by atoms with Crippen LogP contribution in [-0.2, 0) is 13.1 Å². The predicted molar refractivity (Wildman–Crippen MR) is 146 cm³/mol. The number of rotatable bonds is 8. The van der Waals surface area contributed by atoms with Crippen molar-refractivity contribution >= 4 is 16.8 Å². The van der Waals surface area contributed by atoms with Crippen LogP contribution < -0.4 is 10.1 Å². The van der Waals surface area contributed by atoms with Crippen molar-refractivity contribution in [3.8, 4) is 5.75 Å². The molecule has 2 heterocycles. The summed E-state index contributed by atoms with van der Waals surface area (Å²) in [5.74, 6) is 0.811. The van der Waals surface area contributed by atoms with Crippen LogP contribution >= 0.6 is 0 Å². The zero-order chi connectivity index (χ0) is 24.9. The summed E-state index contributed by atoms with van der Waals surface area (Å²) in [6.07, 6.45) is 1.92. The number of carbonyl (C=O) groups is 1. The van der Waals surface area contributed by atoms with Crippen molar-refractivity contribution in [3.63, 3.8) is 0 Å². The Kier molecular flexibility index (Phi) is 7.38. The van der Waals surface area contributed by atoms with Crippen molar-refractivity contribution in [3.05, 3.63) is 101 Å². The molecule has 1 saturated heterocycles. The van der Waals surface area contributed by atoms with Crippen LogP contribution in [0.1, 0.15) is 46.9 Å². The van der Waals surface area contributed by atoms with Gasteiger partial charge in [0.2, 0.25) is 0 Å². The lowest BCUT2D eigenvalue weighted by Crippen LogP contribution is -2.44. The van der Waals surface area contributed by atoms with E-state index in [0.29, 0.717) is 18.8 Å². The average molecular weight is 482 g/mol. The van der Waals surface area contributed by atoms with Crippen molar-refractivity contribution in [2.75, 3.05) is 19.7 Å². The second kappa shape index (κ2) is 11.0. The number of piperidine rings is 1. The van der Waals surface area contributed by atoms with E-state index in [1.54, 1.807) is 0 Å². The molecule has 0 spiro atoms. The highest BCUT2D eigenvalue weighted by atomic mass is 16.5. The molecule has 0 unspecified atom stereocenters. The quantitative estimate of drug-likeness (QED) is 0.346. The molecule has 5 heteroatoms. The first-order valence-electron chi connectivity index (χ1n) is 13.0. The topological polar surface area (TPSA) is 46.5 Å². The van der Waals surface area contributed by atoms with Gasteiger partial charge in [-0.15, -0.1) is 0 Å². The van der Waals surface area contributed by atoms with Crippen molar-refractivity contribution < 1.29 is 9.53 Å². The third-order valence-corrected chi connectivity index (χ3v) is 7.20. The number of aryl methyl sites for hydroxylation is 1. The molecular formula is C31H35N3O2. The first kappa shape index (κ1) is 24.1. The lowest BCUT2D eigenvalue weighted by atomic mass is 10.0. The number of fused-ring (bicyclic) bond motifs is 1. The van der Waals surface area contributed by atoms with Gasteiger partial charge in [0.1, 0.15) is 11.4 Å². The molecule has 0 saturated carbocycles. The number of hydrogen-bond donors (Lipinski definition) is 1. The first-order chi connectivity index (χ1) is 17.6. The number of nitrogens with zero attached hydrogens (tertiary/aromatic N) is 2. The van der Waals surface area contributed by atoms with Gasteiger partial charge >= 0.3 is 0 Å². The number of nitrogens with one attached hydrogen (secondary N) is 1. The van der Waals surface area contributed by atoms with Crippen molar-refractivity contribution in [2.45, 2.75) is 45.8 Å². The maximum absolute atomic E-state index is 13.6. The van der Waals surface area contributed by atoms with Gasteiger partial charge in [-0.1, -0.05) is 60.7 Å². The van der Waals surface area contributed by atoms with Gasteiger partial charge in [0.05, 0.1) is 12.1 Å². The Balaban J connectivity index is 1.35. The zero-order valence-electron chi connectivity index (χ0n) is 21.2. The van der Waals surface area contributed by atoms with Gasteiger partial charge in [0.15, 0.2) is 0 Å². The summed E-state index contributed by atoms with van der Waals surface area (Å²) in [5, 5.41) is 4.33. The number of benzene rings is 3. The number of ether oxygens (including phenoxy) is 1. The molecule has 0 atom stereocenters. The molecule has 36 heavy (non-hydrogen) atoms. The Bertz CT molecular complexity index is 1320. The summed E-state index contributed by atoms with van der Waals surface area (Å²) in [7, 11) is 0. The fourth-order valence-corrected chi connectivity index (χ4v) is 5.19. The summed E-state index contributed by atoms with van der Waals surface area (Å²) in [5.41, 5.74) is 5.47. The van der Waals surface area contributed by atoms with Gasteiger partial charge in [-0.05, 0) is 61.6 Å². The van der Waals surface area contributed by atoms with Gasteiger partial charge < -0.3 is 14.6 Å². The van der Waals surface area contributed by atoms with Crippen LogP contribution in [0.25, 0.3) is 10.9 Å². The molecule has 1 aromatic heterocycles. The van der Waals surface area contributed by atoms with E-state index in [4.69, 9.17) is 4.74 Å². The largest absolute Gasteiger partial charge is 0.493 e. The van der Waals surface area contributed by atoms with Gasteiger partial charge in [-0.25, -0.2) is 0 Å². The molecule has 5 nitrogen and oxygen atoms in total. The van der Waals surface area contributed by atoms with Crippen molar-refractivity contribution in [2.24, 2.45) is 0 Å². The normalized spacial score (nSPS) is 14.7. The molecule has 0 radical (unpaired) electrons. The minimum atomic E-state index is -0.0104. The van der Waals surface area contributed by atoms with Crippen molar-refractivity contribution in [1.82, 2.24) is 14.8 Å². The van der Waals surface area contributed by atoms with E-state index in [9.17, 15) is 4.79 Å². The molecule has 1 aliphatic heterocycles. The third-order valence-electron chi connectivity index (χ3n) is 7.20.